The molecule has 0 amide bonds. The normalized spacial score (nSPS) is 15.8. The van der Waals surface area contributed by atoms with E-state index in [4.69, 9.17) is 4.74 Å². The number of thiophene rings is 1. The molecule has 1 N–H and O–H groups in total. The molecule has 1 aliphatic rings. The van der Waals surface area contributed by atoms with E-state index in [1.165, 1.54) is 34.9 Å². The van der Waals surface area contributed by atoms with Crippen molar-refractivity contribution in [2.45, 2.75) is 25.8 Å². The maximum Gasteiger partial charge on any atom is 0.193 e. The van der Waals surface area contributed by atoms with Crippen LogP contribution >= 0.6 is 35.3 Å². The fourth-order valence-corrected chi connectivity index (χ4v) is 4.21. The quantitative estimate of drug-likeness (QED) is 0.399. The van der Waals surface area contributed by atoms with Gasteiger partial charge in [0, 0.05) is 45.1 Å². The van der Waals surface area contributed by atoms with Crippen molar-refractivity contribution >= 4 is 51.4 Å². The molecule has 0 radical (unpaired) electrons. The minimum Gasteiger partial charge on any atom is -0.381 e. The Morgan fingerprint density at radius 3 is 2.84 bits per heavy atom. The van der Waals surface area contributed by atoms with Crippen LogP contribution in [0.15, 0.2) is 34.6 Å². The Morgan fingerprint density at radius 1 is 1.32 bits per heavy atom. The predicted molar refractivity (Wildman–Crippen MR) is 118 cm³/mol. The van der Waals surface area contributed by atoms with E-state index in [-0.39, 0.29) is 24.0 Å². The molecule has 0 atom stereocenters. The first-order valence-corrected chi connectivity index (χ1v) is 9.60. The summed E-state index contributed by atoms with van der Waals surface area (Å²) in [5.41, 5.74) is 1.34. The van der Waals surface area contributed by atoms with Gasteiger partial charge >= 0.3 is 0 Å². The zero-order chi connectivity index (χ0) is 16.8. The predicted octanol–water partition coefficient (Wildman–Crippen LogP) is 4.34. The molecule has 2 aromatic rings. The molecule has 0 saturated carbocycles. The van der Waals surface area contributed by atoms with Crippen LogP contribution in [0.4, 0.5) is 0 Å². The minimum atomic E-state index is 0. The average molecular weight is 473 g/mol. The van der Waals surface area contributed by atoms with Gasteiger partial charge in [-0.15, -0.1) is 35.3 Å². The third-order valence-electron chi connectivity index (χ3n) is 4.79. The van der Waals surface area contributed by atoms with Gasteiger partial charge in [-0.3, -0.25) is 4.99 Å². The van der Waals surface area contributed by atoms with Crippen molar-refractivity contribution in [2.24, 2.45) is 10.9 Å². The summed E-state index contributed by atoms with van der Waals surface area (Å²) in [6.45, 7) is 3.70. The summed E-state index contributed by atoms with van der Waals surface area (Å²) in [4.78, 5) is 6.68. The van der Waals surface area contributed by atoms with Gasteiger partial charge < -0.3 is 15.0 Å². The van der Waals surface area contributed by atoms with Crippen LogP contribution in [0.3, 0.4) is 0 Å². The van der Waals surface area contributed by atoms with Crippen molar-refractivity contribution in [1.82, 2.24) is 10.2 Å². The van der Waals surface area contributed by atoms with Gasteiger partial charge in [-0.25, -0.2) is 0 Å². The van der Waals surface area contributed by atoms with Gasteiger partial charge in [0.05, 0.1) is 0 Å². The highest BCUT2D eigenvalue weighted by molar-refractivity contribution is 14.0. The maximum absolute atomic E-state index is 5.44. The molecule has 25 heavy (non-hydrogen) atoms. The highest BCUT2D eigenvalue weighted by Crippen LogP contribution is 2.25. The van der Waals surface area contributed by atoms with Crippen LogP contribution in [0.1, 0.15) is 24.8 Å². The number of hydrogen-bond acceptors (Lipinski definition) is 3. The summed E-state index contributed by atoms with van der Waals surface area (Å²) in [6.07, 6.45) is 3.60. The number of nitrogens with one attached hydrogen (secondary N) is 1. The van der Waals surface area contributed by atoms with Gasteiger partial charge in [-0.1, -0.05) is 18.2 Å². The molecule has 138 valence electrons. The molecule has 0 bridgehead atoms. The molecule has 4 nitrogen and oxygen atoms in total. The lowest BCUT2D eigenvalue weighted by Crippen LogP contribution is -2.39. The number of nitrogens with zero attached hydrogens (tertiary/aromatic N) is 2. The van der Waals surface area contributed by atoms with Gasteiger partial charge in [-0.05, 0) is 47.6 Å². The van der Waals surface area contributed by atoms with E-state index in [0.29, 0.717) is 0 Å². The van der Waals surface area contributed by atoms with Gasteiger partial charge in [-0.2, -0.15) is 0 Å². The lowest BCUT2D eigenvalue weighted by Gasteiger charge is -2.26. The third kappa shape index (κ3) is 5.56. The minimum absolute atomic E-state index is 0. The zero-order valence-electron chi connectivity index (χ0n) is 15.0. The molecule has 1 aromatic heterocycles. The number of halogens is 1. The van der Waals surface area contributed by atoms with Crippen molar-refractivity contribution in [2.75, 3.05) is 33.9 Å². The van der Waals surface area contributed by atoms with Gasteiger partial charge in [0.2, 0.25) is 0 Å². The van der Waals surface area contributed by atoms with E-state index in [1.807, 2.05) is 7.05 Å². The van der Waals surface area contributed by atoms with E-state index < -0.39 is 0 Å². The van der Waals surface area contributed by atoms with Crippen LogP contribution in [0.5, 0.6) is 0 Å². The largest absolute Gasteiger partial charge is 0.381 e. The van der Waals surface area contributed by atoms with Gasteiger partial charge in [0.15, 0.2) is 5.96 Å². The summed E-state index contributed by atoms with van der Waals surface area (Å²) in [5, 5.41) is 7.10. The Labute approximate surface area is 171 Å². The molecular formula is C19H28IN3OS. The summed E-state index contributed by atoms with van der Waals surface area (Å²) >= 11 is 1.81. The first kappa shape index (κ1) is 20.5. The molecule has 3 rings (SSSR count). The first-order valence-electron chi connectivity index (χ1n) is 8.72. The second-order valence-corrected chi connectivity index (χ2v) is 7.34. The number of aliphatic imine (C=N–C) groups is 1. The smallest absolute Gasteiger partial charge is 0.193 e. The molecule has 0 spiro atoms. The van der Waals surface area contributed by atoms with E-state index >= 15 is 0 Å². The van der Waals surface area contributed by atoms with E-state index in [1.54, 1.807) is 11.3 Å². The van der Waals surface area contributed by atoms with Crippen molar-refractivity contribution in [1.29, 1.82) is 0 Å². The second-order valence-electron chi connectivity index (χ2n) is 6.42. The van der Waals surface area contributed by atoms with E-state index in [9.17, 15) is 0 Å². The summed E-state index contributed by atoms with van der Waals surface area (Å²) in [7, 11) is 3.99. The third-order valence-corrected chi connectivity index (χ3v) is 5.80. The molecule has 1 saturated heterocycles. The average Bonchev–Trinajstić information content (AvgIpc) is 3.05. The van der Waals surface area contributed by atoms with Crippen LogP contribution in [-0.4, -0.2) is 44.7 Å². The van der Waals surface area contributed by atoms with Crippen LogP contribution in [0.25, 0.3) is 10.1 Å². The lowest BCUT2D eigenvalue weighted by atomic mass is 9.96. The molecule has 1 aliphatic heterocycles. The van der Waals surface area contributed by atoms with Crippen molar-refractivity contribution in [3.05, 3.63) is 35.2 Å². The van der Waals surface area contributed by atoms with E-state index in [0.717, 1.165) is 38.2 Å². The molecule has 1 fully saturated rings. The van der Waals surface area contributed by atoms with Crippen LogP contribution in [-0.2, 0) is 11.3 Å². The number of guanidine groups is 1. The fraction of sp³-hybridized carbons (Fsp3) is 0.526. The van der Waals surface area contributed by atoms with Crippen molar-refractivity contribution < 1.29 is 4.74 Å². The molecule has 6 heteroatoms. The standard InChI is InChI=1S/C19H27N3OS.HI/c1-20-19(22(2)10-7-15-8-11-23-12-9-15)21-13-16-14-24-18-6-4-3-5-17(16)18;/h3-6,14-15H,7-13H2,1-2H3,(H,20,21);1H. The second kappa shape index (κ2) is 10.3. The molecule has 1 aromatic carbocycles. The monoisotopic (exact) mass is 473 g/mol. The SMILES string of the molecule is CN=C(NCc1csc2ccccc12)N(C)CCC1CCOCC1.I. The number of hydrogen-bond donors (Lipinski definition) is 1. The number of fused-ring (bicyclic) bond motifs is 1. The summed E-state index contributed by atoms with van der Waals surface area (Å²) < 4.78 is 6.79. The highest BCUT2D eigenvalue weighted by atomic mass is 127. The zero-order valence-corrected chi connectivity index (χ0v) is 18.2. The summed E-state index contributed by atoms with van der Waals surface area (Å²) in [6, 6.07) is 8.57. The van der Waals surface area contributed by atoms with E-state index in [2.05, 4.69) is 51.9 Å². The number of ether oxygens (including phenoxy) is 1. The Balaban J connectivity index is 0.00000225. The Bertz CT molecular complexity index is 682. The number of rotatable bonds is 5. The van der Waals surface area contributed by atoms with Crippen LogP contribution < -0.4 is 5.32 Å². The van der Waals surface area contributed by atoms with Crippen molar-refractivity contribution in [3.63, 3.8) is 0 Å². The Morgan fingerprint density at radius 2 is 2.08 bits per heavy atom. The molecule has 2 heterocycles. The lowest BCUT2D eigenvalue weighted by molar-refractivity contribution is 0.0625. The Hall–Kier alpha value is -0.860. The molecule has 0 unspecified atom stereocenters. The summed E-state index contributed by atoms with van der Waals surface area (Å²) in [5.74, 6) is 1.76. The highest BCUT2D eigenvalue weighted by Gasteiger charge is 2.15. The molecular weight excluding hydrogens is 445 g/mol. The van der Waals surface area contributed by atoms with Gasteiger partial charge in [0.1, 0.15) is 0 Å². The maximum atomic E-state index is 5.44. The number of benzene rings is 1. The first-order chi connectivity index (χ1) is 11.8. The molecule has 0 aliphatic carbocycles. The van der Waals surface area contributed by atoms with Crippen molar-refractivity contribution in [3.8, 4) is 0 Å². The van der Waals surface area contributed by atoms with Crippen LogP contribution in [0.2, 0.25) is 0 Å². The fourth-order valence-electron chi connectivity index (χ4n) is 3.25. The Kier molecular flexibility index (Phi) is 8.45. The van der Waals surface area contributed by atoms with Crippen LogP contribution in [0, 0.1) is 5.92 Å². The topological polar surface area (TPSA) is 36.9 Å². The van der Waals surface area contributed by atoms with Gasteiger partial charge in [0.25, 0.3) is 0 Å².